The number of nitrogens with one attached hydrogen (secondary N) is 2. The molecule has 0 aromatic heterocycles. The Morgan fingerprint density at radius 1 is 1.04 bits per heavy atom. The van der Waals surface area contributed by atoms with Crippen molar-refractivity contribution in [2.24, 2.45) is 0 Å². The Labute approximate surface area is 142 Å². The van der Waals surface area contributed by atoms with Crippen LogP contribution >= 0.6 is 0 Å². The van der Waals surface area contributed by atoms with E-state index in [0.29, 0.717) is 6.04 Å². The summed E-state index contributed by atoms with van der Waals surface area (Å²) in [6.07, 6.45) is 1.07. The number of carbonyl (C=O) groups excluding carboxylic acids is 1. The van der Waals surface area contributed by atoms with Crippen molar-refractivity contribution in [3.63, 3.8) is 0 Å². The first-order chi connectivity index (χ1) is 11.8. The van der Waals surface area contributed by atoms with Crippen LogP contribution in [0.25, 0.3) is 10.8 Å². The van der Waals surface area contributed by atoms with Crippen LogP contribution in [0.1, 0.15) is 6.42 Å². The number of rotatable bonds is 2. The number of benzene rings is 2. The molecule has 2 amide bonds. The second-order valence-corrected chi connectivity index (χ2v) is 6.63. The third kappa shape index (κ3) is 3.09. The number of urea groups is 1. The fourth-order valence-electron chi connectivity index (χ4n) is 3.80. The van der Waals surface area contributed by atoms with Crippen LogP contribution < -0.4 is 10.6 Å². The smallest absolute Gasteiger partial charge is 0.321 e. The highest BCUT2D eigenvalue weighted by Gasteiger charge is 2.31. The Morgan fingerprint density at radius 3 is 2.71 bits per heavy atom. The number of piperazine rings is 1. The van der Waals surface area contributed by atoms with Gasteiger partial charge in [0.1, 0.15) is 0 Å². The molecule has 0 aliphatic carbocycles. The highest BCUT2D eigenvalue weighted by molar-refractivity contribution is 6.01. The van der Waals surface area contributed by atoms with Gasteiger partial charge in [-0.15, -0.1) is 0 Å². The van der Waals surface area contributed by atoms with Crippen molar-refractivity contribution in [2.45, 2.75) is 12.5 Å². The van der Waals surface area contributed by atoms with E-state index in [1.807, 2.05) is 29.2 Å². The number of carbonyl (C=O) groups is 1. The maximum absolute atomic E-state index is 12.7. The summed E-state index contributed by atoms with van der Waals surface area (Å²) >= 11 is 0. The molecule has 2 saturated heterocycles. The summed E-state index contributed by atoms with van der Waals surface area (Å²) in [5, 5.41) is 8.73. The number of hydrogen-bond donors (Lipinski definition) is 2. The van der Waals surface area contributed by atoms with Crippen LogP contribution in [0.5, 0.6) is 0 Å². The predicted octanol–water partition coefficient (Wildman–Crippen LogP) is 2.35. The van der Waals surface area contributed by atoms with Gasteiger partial charge in [-0.25, -0.2) is 4.79 Å². The highest BCUT2D eigenvalue weighted by Crippen LogP contribution is 2.24. The lowest BCUT2D eigenvalue weighted by Crippen LogP contribution is -2.49. The van der Waals surface area contributed by atoms with E-state index >= 15 is 0 Å². The Bertz CT molecular complexity index is 721. The second-order valence-electron chi connectivity index (χ2n) is 6.63. The van der Waals surface area contributed by atoms with Crippen molar-refractivity contribution in [1.29, 1.82) is 0 Å². The molecule has 2 aromatic rings. The quantitative estimate of drug-likeness (QED) is 0.891. The van der Waals surface area contributed by atoms with Crippen molar-refractivity contribution in [3.05, 3.63) is 42.5 Å². The minimum Gasteiger partial charge on any atom is -0.323 e. The molecule has 0 bridgehead atoms. The first-order valence-corrected chi connectivity index (χ1v) is 8.80. The van der Waals surface area contributed by atoms with Crippen LogP contribution in [0, 0.1) is 0 Å². The summed E-state index contributed by atoms with van der Waals surface area (Å²) in [5.74, 6) is 0. The molecule has 2 N–H and O–H groups in total. The average molecular weight is 324 g/mol. The standard InChI is InChI=1S/C19H24N4O/c24-19(21-18-7-3-5-15-4-1-2-6-17(15)18)23-11-8-16(14-23)22-12-9-20-10-13-22/h1-7,16,20H,8-14H2,(H,21,24). The molecule has 2 fully saturated rings. The number of amides is 2. The number of anilines is 1. The van der Waals surface area contributed by atoms with Gasteiger partial charge in [0.05, 0.1) is 5.69 Å². The molecular formula is C19H24N4O. The van der Waals surface area contributed by atoms with Crippen LogP contribution in [0.4, 0.5) is 10.5 Å². The third-order valence-corrected chi connectivity index (χ3v) is 5.15. The Balaban J connectivity index is 1.43. The summed E-state index contributed by atoms with van der Waals surface area (Å²) in [4.78, 5) is 17.1. The molecule has 5 nitrogen and oxygen atoms in total. The normalized spacial score (nSPS) is 22.0. The summed E-state index contributed by atoms with van der Waals surface area (Å²) in [6.45, 7) is 5.95. The van der Waals surface area contributed by atoms with Gasteiger partial charge in [0.15, 0.2) is 0 Å². The maximum Gasteiger partial charge on any atom is 0.321 e. The second kappa shape index (κ2) is 6.79. The molecule has 5 heteroatoms. The SMILES string of the molecule is O=C(Nc1cccc2ccccc12)N1CCC(N2CCNCC2)C1. The highest BCUT2D eigenvalue weighted by atomic mass is 16.2. The van der Waals surface area contributed by atoms with Crippen LogP contribution in [0.3, 0.4) is 0 Å². The lowest BCUT2D eigenvalue weighted by molar-refractivity contribution is 0.172. The first kappa shape index (κ1) is 15.4. The molecular weight excluding hydrogens is 300 g/mol. The van der Waals surface area contributed by atoms with Gasteiger partial charge >= 0.3 is 6.03 Å². The monoisotopic (exact) mass is 324 g/mol. The van der Waals surface area contributed by atoms with Gasteiger partial charge in [-0.05, 0) is 17.9 Å². The number of likely N-dealkylation sites (tertiary alicyclic amines) is 1. The molecule has 2 aromatic carbocycles. The van der Waals surface area contributed by atoms with E-state index in [1.165, 1.54) is 0 Å². The molecule has 2 heterocycles. The Morgan fingerprint density at radius 2 is 1.83 bits per heavy atom. The van der Waals surface area contributed by atoms with Gasteiger partial charge in [-0.3, -0.25) is 4.90 Å². The average Bonchev–Trinajstić information content (AvgIpc) is 3.13. The lowest BCUT2D eigenvalue weighted by Gasteiger charge is -2.32. The van der Waals surface area contributed by atoms with Crippen molar-refractivity contribution >= 4 is 22.5 Å². The zero-order chi connectivity index (χ0) is 16.4. The van der Waals surface area contributed by atoms with Gasteiger partial charge in [0.2, 0.25) is 0 Å². The zero-order valence-corrected chi connectivity index (χ0v) is 13.9. The molecule has 1 unspecified atom stereocenters. The van der Waals surface area contributed by atoms with Crippen molar-refractivity contribution in [3.8, 4) is 0 Å². The zero-order valence-electron chi connectivity index (χ0n) is 13.9. The van der Waals surface area contributed by atoms with E-state index in [0.717, 1.165) is 62.1 Å². The van der Waals surface area contributed by atoms with E-state index in [1.54, 1.807) is 0 Å². The van der Waals surface area contributed by atoms with Crippen LogP contribution in [0.15, 0.2) is 42.5 Å². The molecule has 1 atom stereocenters. The van der Waals surface area contributed by atoms with Crippen LogP contribution in [0.2, 0.25) is 0 Å². The summed E-state index contributed by atoms with van der Waals surface area (Å²) in [7, 11) is 0. The van der Waals surface area contributed by atoms with Crippen molar-refractivity contribution in [1.82, 2.24) is 15.1 Å². The maximum atomic E-state index is 12.7. The number of nitrogens with zero attached hydrogens (tertiary/aromatic N) is 2. The van der Waals surface area contributed by atoms with E-state index < -0.39 is 0 Å². The topological polar surface area (TPSA) is 47.6 Å². The Hall–Kier alpha value is -2.11. The van der Waals surface area contributed by atoms with E-state index in [4.69, 9.17) is 0 Å². The summed E-state index contributed by atoms with van der Waals surface area (Å²) in [5.41, 5.74) is 0.892. The van der Waals surface area contributed by atoms with Crippen molar-refractivity contribution in [2.75, 3.05) is 44.6 Å². The molecule has 2 aliphatic heterocycles. The molecule has 0 radical (unpaired) electrons. The van der Waals surface area contributed by atoms with Crippen LogP contribution in [-0.2, 0) is 0 Å². The minimum atomic E-state index is 0.0176. The molecule has 4 rings (SSSR count). The molecule has 0 spiro atoms. The Kier molecular flexibility index (Phi) is 4.36. The van der Waals surface area contributed by atoms with Crippen LogP contribution in [-0.4, -0.2) is 61.1 Å². The molecule has 0 saturated carbocycles. The minimum absolute atomic E-state index is 0.0176. The summed E-state index contributed by atoms with van der Waals surface area (Å²) in [6, 6.07) is 14.7. The fraction of sp³-hybridized carbons (Fsp3) is 0.421. The van der Waals surface area contributed by atoms with Gasteiger partial charge < -0.3 is 15.5 Å². The largest absolute Gasteiger partial charge is 0.323 e. The predicted molar refractivity (Wildman–Crippen MR) is 97.4 cm³/mol. The third-order valence-electron chi connectivity index (χ3n) is 5.15. The van der Waals surface area contributed by atoms with Gasteiger partial charge in [0, 0.05) is 50.7 Å². The molecule has 24 heavy (non-hydrogen) atoms. The van der Waals surface area contributed by atoms with E-state index in [2.05, 4.69) is 33.7 Å². The summed E-state index contributed by atoms with van der Waals surface area (Å²) < 4.78 is 0. The van der Waals surface area contributed by atoms with E-state index in [-0.39, 0.29) is 6.03 Å². The van der Waals surface area contributed by atoms with E-state index in [9.17, 15) is 4.79 Å². The molecule has 2 aliphatic rings. The molecule has 126 valence electrons. The fourth-order valence-corrected chi connectivity index (χ4v) is 3.80. The number of fused-ring (bicyclic) bond motifs is 1. The van der Waals surface area contributed by atoms with Crippen molar-refractivity contribution < 1.29 is 4.79 Å². The first-order valence-electron chi connectivity index (χ1n) is 8.80. The number of hydrogen-bond acceptors (Lipinski definition) is 3. The van der Waals surface area contributed by atoms with Gasteiger partial charge in [-0.2, -0.15) is 0 Å². The van der Waals surface area contributed by atoms with Gasteiger partial charge in [-0.1, -0.05) is 36.4 Å². The lowest BCUT2D eigenvalue weighted by atomic mass is 10.1. The van der Waals surface area contributed by atoms with Gasteiger partial charge in [0.25, 0.3) is 0 Å².